The average molecular weight is 666 g/mol. The maximum Gasteiger partial charge on any atom is 0.424 e. The highest BCUT2D eigenvalue weighted by atomic mass is 16.6. The lowest BCUT2D eigenvalue weighted by Crippen LogP contribution is -2.71. The number of imide groups is 1. The fourth-order valence-electron chi connectivity index (χ4n) is 5.92. The number of nitrogens with zero attached hydrogens (tertiary/aromatic N) is 2. The number of Topliss-reactive ketones (excluding diaryl/α,β-unsaturated/α-hetero) is 1. The lowest BCUT2D eigenvalue weighted by molar-refractivity contribution is -0.781. The fourth-order valence-corrected chi connectivity index (χ4v) is 5.92. The number of quaternary nitrogens is 1. The van der Waals surface area contributed by atoms with E-state index in [0.717, 1.165) is 24.0 Å². The molecule has 0 saturated carbocycles. The van der Waals surface area contributed by atoms with Gasteiger partial charge >= 0.3 is 18.0 Å². The first-order valence-corrected chi connectivity index (χ1v) is 17.3. The number of rotatable bonds is 17. The minimum absolute atomic E-state index is 0.00491. The van der Waals surface area contributed by atoms with E-state index in [9.17, 15) is 24.0 Å². The van der Waals surface area contributed by atoms with E-state index in [-0.39, 0.29) is 63.9 Å². The number of hydrogen-bond donors (Lipinski definition) is 2. The van der Waals surface area contributed by atoms with Gasteiger partial charge in [0, 0.05) is 12.8 Å². The van der Waals surface area contributed by atoms with Crippen molar-refractivity contribution in [2.45, 2.75) is 91.9 Å². The minimum atomic E-state index is -0.775. The molecular formula is C37H53N4O7+. The molecule has 2 N–H and O–H groups in total. The van der Waals surface area contributed by atoms with E-state index in [1.165, 1.54) is 4.90 Å². The minimum Gasteiger partial charge on any atom is -0.445 e. The Morgan fingerprint density at radius 2 is 1.46 bits per heavy atom. The molecule has 3 rings (SSSR count). The fraction of sp³-hybridized carbons (Fsp3) is 0.541. The summed E-state index contributed by atoms with van der Waals surface area (Å²) in [5.74, 6) is -1.88. The van der Waals surface area contributed by atoms with Crippen molar-refractivity contribution in [1.82, 2.24) is 15.7 Å². The number of hydrogen-bond acceptors (Lipinski definition) is 7. The van der Waals surface area contributed by atoms with Gasteiger partial charge in [0.15, 0.2) is 5.78 Å². The van der Waals surface area contributed by atoms with Gasteiger partial charge in [-0.1, -0.05) is 114 Å². The molecule has 2 aromatic rings. The van der Waals surface area contributed by atoms with E-state index >= 15 is 0 Å². The largest absolute Gasteiger partial charge is 0.445 e. The number of urea groups is 1. The van der Waals surface area contributed by atoms with Crippen molar-refractivity contribution in [3.8, 4) is 0 Å². The number of ether oxygens (including phenoxy) is 1. The van der Waals surface area contributed by atoms with Crippen LogP contribution < -0.4 is 10.8 Å². The second kappa shape index (κ2) is 19.7. The number of nitrogens with one attached hydrogen (secondary N) is 2. The van der Waals surface area contributed by atoms with Crippen LogP contribution in [0.4, 0.5) is 9.59 Å². The van der Waals surface area contributed by atoms with E-state index in [4.69, 9.17) is 9.57 Å². The van der Waals surface area contributed by atoms with Gasteiger partial charge in [0.2, 0.25) is 5.91 Å². The van der Waals surface area contributed by atoms with Crippen molar-refractivity contribution < 1.29 is 38.0 Å². The first-order valence-electron chi connectivity index (χ1n) is 17.3. The Kier molecular flexibility index (Phi) is 15.7. The predicted molar refractivity (Wildman–Crippen MR) is 182 cm³/mol. The number of carbonyl (C=O) groups excluding carboxylic acids is 5. The lowest BCUT2D eigenvalue weighted by Gasteiger charge is -2.42. The highest BCUT2D eigenvalue weighted by Crippen LogP contribution is 2.26. The second-order valence-electron chi connectivity index (χ2n) is 12.6. The topological polar surface area (TPSA) is 131 Å². The molecule has 1 aliphatic rings. The van der Waals surface area contributed by atoms with E-state index in [2.05, 4.69) is 17.7 Å². The summed E-state index contributed by atoms with van der Waals surface area (Å²) in [4.78, 5) is 74.9. The van der Waals surface area contributed by atoms with Gasteiger partial charge in [0.25, 0.3) is 0 Å². The lowest BCUT2D eigenvalue weighted by atomic mass is 9.93. The van der Waals surface area contributed by atoms with E-state index in [1.807, 2.05) is 74.5 Å². The molecule has 0 unspecified atom stereocenters. The molecule has 1 aliphatic heterocycles. The monoisotopic (exact) mass is 665 g/mol. The van der Waals surface area contributed by atoms with Gasteiger partial charge < -0.3 is 4.74 Å². The molecule has 0 spiro atoms. The Hall–Kier alpha value is -4.09. The van der Waals surface area contributed by atoms with Crippen LogP contribution in [-0.4, -0.2) is 71.3 Å². The molecule has 262 valence electrons. The molecular weight excluding hydrogens is 612 g/mol. The van der Waals surface area contributed by atoms with E-state index in [1.54, 1.807) is 6.92 Å². The van der Waals surface area contributed by atoms with Crippen molar-refractivity contribution in [3.63, 3.8) is 0 Å². The third-order valence-electron chi connectivity index (χ3n) is 9.17. The van der Waals surface area contributed by atoms with Crippen molar-refractivity contribution >= 4 is 29.7 Å². The summed E-state index contributed by atoms with van der Waals surface area (Å²) in [7, 11) is 0. The molecule has 0 aliphatic carbocycles. The first kappa shape index (κ1) is 38.4. The molecule has 48 heavy (non-hydrogen) atoms. The summed E-state index contributed by atoms with van der Waals surface area (Å²) < 4.78 is 4.92. The number of carbonyl (C=O) groups is 5. The summed E-state index contributed by atoms with van der Waals surface area (Å²) in [6.07, 6.45) is 3.12. The summed E-state index contributed by atoms with van der Waals surface area (Å²) in [6.45, 7) is 8.11. The molecule has 3 atom stereocenters. The Morgan fingerprint density at radius 1 is 0.854 bits per heavy atom. The highest BCUT2D eigenvalue weighted by Gasteiger charge is 2.52. The van der Waals surface area contributed by atoms with Crippen LogP contribution in [0.1, 0.15) is 83.8 Å². The van der Waals surface area contributed by atoms with Crippen LogP contribution in [0.3, 0.4) is 0 Å². The smallest absolute Gasteiger partial charge is 0.424 e. The van der Waals surface area contributed by atoms with Gasteiger partial charge in [-0.25, -0.2) is 19.9 Å². The van der Waals surface area contributed by atoms with Crippen molar-refractivity contribution in [2.75, 3.05) is 26.2 Å². The summed E-state index contributed by atoms with van der Waals surface area (Å²) >= 11 is 0. The van der Waals surface area contributed by atoms with Gasteiger partial charge in [-0.2, -0.15) is 4.48 Å². The van der Waals surface area contributed by atoms with Crippen molar-refractivity contribution in [3.05, 3.63) is 71.8 Å². The van der Waals surface area contributed by atoms with Gasteiger partial charge in [-0.05, 0) is 23.5 Å². The van der Waals surface area contributed by atoms with Crippen LogP contribution in [0.25, 0.3) is 0 Å². The molecule has 0 radical (unpaired) electrons. The van der Waals surface area contributed by atoms with Crippen LogP contribution in [0.5, 0.6) is 0 Å². The van der Waals surface area contributed by atoms with Crippen LogP contribution >= 0.6 is 0 Å². The molecule has 1 heterocycles. The quantitative estimate of drug-likeness (QED) is 0.122. The van der Waals surface area contributed by atoms with Crippen LogP contribution in [0.15, 0.2) is 60.7 Å². The molecule has 5 amide bonds. The van der Waals surface area contributed by atoms with E-state index < -0.39 is 40.4 Å². The van der Waals surface area contributed by atoms with Crippen LogP contribution in [0.2, 0.25) is 0 Å². The molecule has 1 saturated heterocycles. The first-order chi connectivity index (χ1) is 23.1. The maximum absolute atomic E-state index is 14.6. The van der Waals surface area contributed by atoms with Gasteiger partial charge in [0.1, 0.15) is 19.7 Å². The summed E-state index contributed by atoms with van der Waals surface area (Å²) in [5.41, 5.74) is 4.19. The molecule has 0 aromatic heterocycles. The number of benzene rings is 2. The summed E-state index contributed by atoms with van der Waals surface area (Å²) in [5, 5.41) is 2.93. The Labute approximate surface area is 284 Å². The predicted octanol–water partition coefficient (Wildman–Crippen LogP) is 5.92. The molecule has 11 heteroatoms. The van der Waals surface area contributed by atoms with Crippen LogP contribution in [-0.2, 0) is 37.2 Å². The Balaban J connectivity index is 1.81. The number of ketones is 1. The van der Waals surface area contributed by atoms with Crippen molar-refractivity contribution in [1.29, 1.82) is 0 Å². The third-order valence-corrected chi connectivity index (χ3v) is 9.17. The summed E-state index contributed by atoms with van der Waals surface area (Å²) in [6, 6.07) is 17.4. The van der Waals surface area contributed by atoms with Crippen LogP contribution in [0, 0.1) is 11.8 Å². The normalized spacial score (nSPS) is 15.9. The highest BCUT2D eigenvalue weighted by molar-refractivity contribution is 5.92. The Bertz CT molecular complexity index is 1330. The maximum atomic E-state index is 14.6. The zero-order chi connectivity index (χ0) is 34.9. The van der Waals surface area contributed by atoms with Gasteiger partial charge in [-0.3, -0.25) is 24.6 Å². The molecule has 2 aromatic carbocycles. The number of hydroxylamine groups is 1. The van der Waals surface area contributed by atoms with E-state index in [0.29, 0.717) is 19.3 Å². The molecule has 0 bridgehead atoms. The zero-order valence-corrected chi connectivity index (χ0v) is 29.0. The van der Waals surface area contributed by atoms with Crippen molar-refractivity contribution in [2.24, 2.45) is 11.8 Å². The molecule has 11 nitrogen and oxygen atoms in total. The van der Waals surface area contributed by atoms with Gasteiger partial charge in [0.05, 0.1) is 31.7 Å². The molecule has 1 fully saturated rings. The zero-order valence-electron chi connectivity index (χ0n) is 29.0. The number of unbranched alkanes of at least 4 members (excludes halogenated alkanes) is 2. The number of amides is 5. The second-order valence-corrected chi connectivity index (χ2v) is 12.6. The standard InChI is InChI=1S/C37H52N4O7/c1-5-8-11-20-31(25-33(43)39-48-27-30-18-14-10-15-19-30)35(44)41(36(45)38-34(28(4)6-2)32(42)7-3)23-21-40(22-24-41)37(46)47-26-29-16-12-9-13-17-29/h9-10,12-19,28,31,34H,5-8,11,20-27H2,1-4H3,(H-,38,39,43,45)/p+1/t28-,31+,34-/m0/s1. The average Bonchev–Trinajstić information content (AvgIpc) is 3.12. The van der Waals surface area contributed by atoms with Gasteiger partial charge in [-0.15, -0.1) is 0 Å². The number of piperazine rings is 1. The SMILES string of the molecule is CCCCC[C@H](CC(=O)NOCc1ccccc1)C(=O)[N+]1(C(=O)N[C@H](C(=O)CC)[C@@H](C)CC)CCN(C(=O)OCc2ccccc2)CC1. The third kappa shape index (κ3) is 11.0. The Morgan fingerprint density at radius 3 is 2.02 bits per heavy atom.